The van der Waals surface area contributed by atoms with Crippen LogP contribution < -0.4 is 15.4 Å². The number of ether oxygens (including phenoxy) is 1. The van der Waals surface area contributed by atoms with E-state index in [0.717, 1.165) is 25.5 Å². The van der Waals surface area contributed by atoms with E-state index in [1.807, 2.05) is 18.0 Å². The molecule has 228 valence electrons. The molecule has 2 aromatic carbocycles. The van der Waals surface area contributed by atoms with Gasteiger partial charge in [0.15, 0.2) is 0 Å². The van der Waals surface area contributed by atoms with Crippen LogP contribution in [-0.2, 0) is 11.0 Å². The molecule has 2 saturated heterocycles. The lowest BCUT2D eigenvalue weighted by Crippen LogP contribution is -2.55. The summed E-state index contributed by atoms with van der Waals surface area (Å²) in [6, 6.07) is 10.0. The number of nitrogen functional groups attached to an aromatic ring is 1. The van der Waals surface area contributed by atoms with Crippen molar-refractivity contribution < 1.29 is 22.7 Å². The van der Waals surface area contributed by atoms with Crippen LogP contribution in [-0.4, -0.2) is 77.6 Å². The number of carbonyl (C=O) groups is 1. The van der Waals surface area contributed by atoms with Crippen LogP contribution in [0.15, 0.2) is 43.0 Å². The maximum absolute atomic E-state index is 14.0. The van der Waals surface area contributed by atoms with E-state index in [0.29, 0.717) is 24.4 Å². The fourth-order valence-electron chi connectivity index (χ4n) is 5.89. The van der Waals surface area contributed by atoms with E-state index >= 15 is 0 Å². The van der Waals surface area contributed by atoms with Gasteiger partial charge in [-0.2, -0.15) is 33.7 Å². The monoisotopic (exact) mass is 604 g/mol. The molecular formula is C31H31F3N8O2. The molecule has 1 amide bonds. The van der Waals surface area contributed by atoms with Gasteiger partial charge in [0.1, 0.15) is 12.4 Å². The number of hydrogen-bond acceptors (Lipinski definition) is 9. The molecular weight excluding hydrogens is 573 g/mol. The van der Waals surface area contributed by atoms with Gasteiger partial charge in [0.05, 0.1) is 41.2 Å². The molecule has 2 fully saturated rings. The van der Waals surface area contributed by atoms with Crippen LogP contribution in [0.2, 0.25) is 0 Å². The third-order valence-electron chi connectivity index (χ3n) is 8.20. The molecule has 2 N–H and O–H groups in total. The van der Waals surface area contributed by atoms with Crippen molar-refractivity contribution in [3.05, 3.63) is 54.1 Å². The summed E-state index contributed by atoms with van der Waals surface area (Å²) in [6.45, 7) is 5.69. The van der Waals surface area contributed by atoms with Crippen molar-refractivity contribution in [2.75, 3.05) is 50.5 Å². The maximum atomic E-state index is 14.0. The lowest BCUT2D eigenvalue weighted by atomic mass is 9.93. The molecule has 0 spiro atoms. The number of nitrogens with two attached hydrogens (primary N) is 1. The lowest BCUT2D eigenvalue weighted by molar-refractivity contribution is -0.137. The van der Waals surface area contributed by atoms with Crippen LogP contribution in [0.4, 0.5) is 24.7 Å². The second kappa shape index (κ2) is 12.4. The first-order chi connectivity index (χ1) is 21.0. The molecule has 3 aromatic rings. The van der Waals surface area contributed by atoms with Crippen molar-refractivity contribution in [3.8, 4) is 29.3 Å². The molecule has 5 rings (SSSR count). The molecule has 0 bridgehead atoms. The molecule has 1 aromatic heterocycles. The zero-order chi connectivity index (χ0) is 31.6. The number of piperazine rings is 1. The highest BCUT2D eigenvalue weighted by molar-refractivity contribution is 5.96. The second-order valence-corrected chi connectivity index (χ2v) is 10.9. The van der Waals surface area contributed by atoms with Crippen LogP contribution in [0.25, 0.3) is 22.0 Å². The number of hydrogen-bond donors (Lipinski definition) is 1. The number of nitrogens with zero attached hydrogens (tertiary/aromatic N) is 7. The summed E-state index contributed by atoms with van der Waals surface area (Å²) < 4.78 is 48.2. The van der Waals surface area contributed by atoms with Gasteiger partial charge in [-0.1, -0.05) is 6.58 Å². The number of carbonyl (C=O) groups excluding carboxylic acids is 1. The van der Waals surface area contributed by atoms with Gasteiger partial charge in [0, 0.05) is 42.3 Å². The number of aromatic nitrogens is 2. The summed E-state index contributed by atoms with van der Waals surface area (Å²) in [5.74, 6) is 0.103. The van der Waals surface area contributed by atoms with Gasteiger partial charge in [0.2, 0.25) is 5.91 Å². The van der Waals surface area contributed by atoms with Gasteiger partial charge in [-0.25, -0.2) is 0 Å². The summed E-state index contributed by atoms with van der Waals surface area (Å²) in [4.78, 5) is 27.4. The Morgan fingerprint density at radius 2 is 1.95 bits per heavy atom. The Hall–Kier alpha value is -4.88. The van der Waals surface area contributed by atoms with Crippen LogP contribution in [0.3, 0.4) is 0 Å². The second-order valence-electron chi connectivity index (χ2n) is 10.9. The number of rotatable bonds is 7. The molecule has 0 radical (unpaired) electrons. The van der Waals surface area contributed by atoms with Gasteiger partial charge >= 0.3 is 12.2 Å². The van der Waals surface area contributed by atoms with E-state index in [2.05, 4.69) is 22.5 Å². The Kier molecular flexibility index (Phi) is 8.61. The Labute approximate surface area is 252 Å². The Morgan fingerprint density at radius 3 is 2.61 bits per heavy atom. The Balaban J connectivity index is 1.65. The van der Waals surface area contributed by atoms with E-state index in [4.69, 9.17) is 15.5 Å². The van der Waals surface area contributed by atoms with Crippen molar-refractivity contribution >= 4 is 28.3 Å². The first-order valence-corrected chi connectivity index (χ1v) is 14.1. The number of benzene rings is 2. The summed E-state index contributed by atoms with van der Waals surface area (Å²) in [7, 11) is 2.01. The molecule has 3 heterocycles. The highest BCUT2D eigenvalue weighted by atomic mass is 19.4. The number of likely N-dealkylation sites (N-methyl/N-ethyl adjacent to an activating group) is 1. The zero-order valence-corrected chi connectivity index (χ0v) is 24.1. The minimum atomic E-state index is -4.69. The summed E-state index contributed by atoms with van der Waals surface area (Å²) >= 11 is 0. The number of halogens is 3. The average molecular weight is 605 g/mol. The first kappa shape index (κ1) is 30.6. The molecule has 0 unspecified atom stereocenters. The molecule has 2 atom stereocenters. The third-order valence-corrected chi connectivity index (χ3v) is 8.20. The minimum Gasteiger partial charge on any atom is -0.462 e. The molecule has 2 aliphatic rings. The molecule has 0 aliphatic carbocycles. The molecule has 0 saturated carbocycles. The minimum absolute atomic E-state index is 0.0197. The van der Waals surface area contributed by atoms with Crippen molar-refractivity contribution in [2.24, 2.45) is 0 Å². The van der Waals surface area contributed by atoms with Crippen LogP contribution >= 0.6 is 0 Å². The largest absolute Gasteiger partial charge is 0.462 e. The maximum Gasteiger partial charge on any atom is 0.417 e. The number of alkyl halides is 3. The van der Waals surface area contributed by atoms with Gasteiger partial charge in [0.25, 0.3) is 0 Å². The third kappa shape index (κ3) is 6.10. The molecule has 13 heteroatoms. The Bertz CT molecular complexity index is 1680. The van der Waals surface area contributed by atoms with Crippen molar-refractivity contribution in [1.29, 1.82) is 10.5 Å². The van der Waals surface area contributed by atoms with Crippen LogP contribution in [0.5, 0.6) is 6.01 Å². The molecule has 10 nitrogen and oxygen atoms in total. The smallest absolute Gasteiger partial charge is 0.417 e. The Morgan fingerprint density at radius 1 is 1.16 bits per heavy atom. The predicted octanol–water partition coefficient (Wildman–Crippen LogP) is 4.36. The van der Waals surface area contributed by atoms with E-state index in [9.17, 15) is 28.5 Å². The highest BCUT2D eigenvalue weighted by Crippen LogP contribution is 2.41. The summed E-state index contributed by atoms with van der Waals surface area (Å²) in [6.07, 6.45) is -1.44. The van der Waals surface area contributed by atoms with Gasteiger partial charge < -0.3 is 25.2 Å². The topological polar surface area (TPSA) is 135 Å². The van der Waals surface area contributed by atoms with Gasteiger partial charge in [-0.3, -0.25) is 4.79 Å². The van der Waals surface area contributed by atoms with E-state index in [1.54, 1.807) is 4.90 Å². The predicted molar refractivity (Wildman–Crippen MR) is 158 cm³/mol. The first-order valence-electron chi connectivity index (χ1n) is 14.1. The zero-order valence-electron chi connectivity index (χ0n) is 24.1. The van der Waals surface area contributed by atoms with Gasteiger partial charge in [-0.15, -0.1) is 0 Å². The van der Waals surface area contributed by atoms with Crippen molar-refractivity contribution in [1.82, 2.24) is 19.8 Å². The number of nitriles is 2. The van der Waals surface area contributed by atoms with Crippen molar-refractivity contribution in [3.63, 3.8) is 0 Å². The highest BCUT2D eigenvalue weighted by Gasteiger charge is 2.35. The molecule has 2 aliphatic heterocycles. The molecule has 44 heavy (non-hydrogen) atoms. The van der Waals surface area contributed by atoms with Crippen molar-refractivity contribution in [2.45, 2.75) is 37.5 Å². The van der Waals surface area contributed by atoms with Gasteiger partial charge in [-0.05, 0) is 68.4 Å². The van der Waals surface area contributed by atoms with Crippen LogP contribution in [0.1, 0.15) is 30.4 Å². The number of likely N-dealkylation sites (tertiary alicyclic amines) is 1. The number of amides is 1. The lowest BCUT2D eigenvalue weighted by Gasteiger charge is -2.41. The van der Waals surface area contributed by atoms with Crippen LogP contribution in [0, 0.1) is 22.7 Å². The fourth-order valence-corrected chi connectivity index (χ4v) is 5.89. The SMILES string of the molecule is C=CC(=O)N1CCN(c2nc(OC[C@@H]3CCCN3C)nc3cc(-c4cc(N)ccc4C(F)(F)F)c(C#N)cc23)C[C@@H]1CC#N. The quantitative estimate of drug-likeness (QED) is 0.308. The normalized spacial score (nSPS) is 19.0. The van der Waals surface area contributed by atoms with E-state index in [1.165, 1.54) is 30.3 Å². The summed E-state index contributed by atoms with van der Waals surface area (Å²) in [5.41, 5.74) is 5.10. The standard InChI is InChI=1S/C31H31F3N8O2/c1-3-28(43)42-12-11-41(17-21(42)8-9-35)29-25-13-19(16-36)23(24-14-20(37)6-7-26(24)31(32,33)34)15-27(25)38-30(39-29)44-18-22-5-4-10-40(22)2/h3,6-7,13-15,21-22H,1,4-5,8,10-12,17-18,37H2,2H3/t21-,22-/m0/s1. The fraction of sp³-hybridized carbons (Fsp3) is 0.387. The summed E-state index contributed by atoms with van der Waals surface area (Å²) in [5, 5.41) is 20.0. The average Bonchev–Trinajstić information content (AvgIpc) is 3.42. The number of anilines is 2. The number of fused-ring (bicyclic) bond motifs is 1. The van der Waals surface area contributed by atoms with E-state index < -0.39 is 17.8 Å². The van der Waals surface area contributed by atoms with E-state index in [-0.39, 0.29) is 65.4 Å².